The number of rotatable bonds is 6. The molecule has 2 saturated heterocycles. The summed E-state index contributed by atoms with van der Waals surface area (Å²) in [4.78, 5) is 23.8. The summed E-state index contributed by atoms with van der Waals surface area (Å²) in [7, 11) is 0. The van der Waals surface area contributed by atoms with Crippen LogP contribution in [0.5, 0.6) is 0 Å². The highest BCUT2D eigenvalue weighted by Crippen LogP contribution is 2.39. The van der Waals surface area contributed by atoms with Gasteiger partial charge in [0.15, 0.2) is 11.6 Å². The first-order valence-corrected chi connectivity index (χ1v) is 14.9. The first kappa shape index (κ1) is 32.1. The van der Waals surface area contributed by atoms with E-state index in [-0.39, 0.29) is 37.5 Å². The van der Waals surface area contributed by atoms with Gasteiger partial charge in [0.1, 0.15) is 37.6 Å². The van der Waals surface area contributed by atoms with Gasteiger partial charge in [0.05, 0.1) is 24.3 Å². The fourth-order valence-electron chi connectivity index (χ4n) is 6.02. The van der Waals surface area contributed by atoms with Gasteiger partial charge in [-0.2, -0.15) is 0 Å². The van der Waals surface area contributed by atoms with E-state index in [1.54, 1.807) is 27.7 Å². The Bertz CT molecular complexity index is 1160. The third-order valence-corrected chi connectivity index (χ3v) is 7.90. The number of ether oxygens (including phenoxy) is 6. The largest absolute Gasteiger partial charge is 0.445 e. The van der Waals surface area contributed by atoms with Gasteiger partial charge in [-0.15, -0.1) is 0 Å². The molecule has 2 aliphatic heterocycles. The number of fused-ring (bicyclic) bond motifs is 2. The van der Waals surface area contributed by atoms with E-state index in [9.17, 15) is 19.8 Å². The number of nitrogens with one attached hydrogen (secondary N) is 2. The maximum atomic E-state index is 11.9. The molecule has 240 valence electrons. The molecule has 0 aromatic heterocycles. The average Bonchev–Trinajstić information content (AvgIpc) is 3.66. The van der Waals surface area contributed by atoms with E-state index in [0.29, 0.717) is 12.8 Å². The van der Waals surface area contributed by atoms with Gasteiger partial charge < -0.3 is 49.3 Å². The molecule has 2 aliphatic carbocycles. The highest BCUT2D eigenvalue weighted by molar-refractivity contribution is 5.68. The summed E-state index contributed by atoms with van der Waals surface area (Å²) in [5.41, 5.74) is 1.84. The Balaban J connectivity index is 0.000000175. The maximum absolute atomic E-state index is 11.9. The number of hydrogen-bond donors (Lipinski definition) is 4. The summed E-state index contributed by atoms with van der Waals surface area (Å²) in [6.45, 7) is 7.59. The van der Waals surface area contributed by atoms with Crippen molar-refractivity contribution in [2.45, 2.75) is 114 Å². The zero-order chi connectivity index (χ0) is 31.5. The van der Waals surface area contributed by atoms with Crippen molar-refractivity contribution < 1.29 is 48.2 Å². The first-order valence-electron chi connectivity index (χ1n) is 14.9. The van der Waals surface area contributed by atoms with Crippen LogP contribution in [-0.2, 0) is 41.6 Å². The molecule has 2 aromatic rings. The smallest absolute Gasteiger partial charge is 0.407 e. The van der Waals surface area contributed by atoms with E-state index in [0.717, 1.165) is 11.1 Å². The van der Waals surface area contributed by atoms with E-state index >= 15 is 0 Å². The van der Waals surface area contributed by atoms with Gasteiger partial charge in [-0.1, -0.05) is 60.7 Å². The lowest BCUT2D eigenvalue weighted by Crippen LogP contribution is -2.43. The summed E-state index contributed by atoms with van der Waals surface area (Å²) in [5.74, 6) is -1.49. The molecule has 4 N–H and O–H groups in total. The zero-order valence-corrected chi connectivity index (χ0v) is 25.4. The van der Waals surface area contributed by atoms with Crippen molar-refractivity contribution in [3.63, 3.8) is 0 Å². The van der Waals surface area contributed by atoms with Gasteiger partial charge in [0.2, 0.25) is 0 Å². The van der Waals surface area contributed by atoms with Crippen LogP contribution in [0.25, 0.3) is 0 Å². The van der Waals surface area contributed by atoms with Crippen molar-refractivity contribution >= 4 is 12.2 Å². The molecule has 4 fully saturated rings. The highest BCUT2D eigenvalue weighted by Gasteiger charge is 2.55. The van der Waals surface area contributed by atoms with E-state index in [1.807, 2.05) is 60.7 Å². The second kappa shape index (κ2) is 13.4. The lowest BCUT2D eigenvalue weighted by atomic mass is 10.2. The van der Waals surface area contributed by atoms with Gasteiger partial charge in [0.25, 0.3) is 0 Å². The minimum absolute atomic E-state index is 0.207. The Hall–Kier alpha value is -3.26. The van der Waals surface area contributed by atoms with E-state index < -0.39 is 48.2 Å². The first-order chi connectivity index (χ1) is 20.9. The van der Waals surface area contributed by atoms with Crippen LogP contribution in [0, 0.1) is 0 Å². The molecule has 8 atom stereocenters. The molecule has 2 heterocycles. The molecule has 2 aromatic carbocycles. The van der Waals surface area contributed by atoms with Crippen LogP contribution in [0.3, 0.4) is 0 Å². The van der Waals surface area contributed by atoms with Gasteiger partial charge in [-0.25, -0.2) is 9.59 Å². The van der Waals surface area contributed by atoms with Crippen molar-refractivity contribution in [1.82, 2.24) is 10.6 Å². The van der Waals surface area contributed by atoms with Gasteiger partial charge in [0, 0.05) is 0 Å². The number of hydrogen-bond acceptors (Lipinski definition) is 10. The number of benzene rings is 2. The number of carbonyl (C=O) groups is 2. The Morgan fingerprint density at radius 3 is 1.36 bits per heavy atom. The minimum atomic E-state index is -0.745. The predicted octanol–water partition coefficient (Wildman–Crippen LogP) is 3.13. The van der Waals surface area contributed by atoms with Crippen molar-refractivity contribution in [1.29, 1.82) is 0 Å². The Morgan fingerprint density at radius 1 is 0.659 bits per heavy atom. The molecule has 2 saturated carbocycles. The van der Waals surface area contributed by atoms with Crippen LogP contribution in [0.15, 0.2) is 60.7 Å². The van der Waals surface area contributed by atoms with Crippen molar-refractivity contribution in [2.75, 3.05) is 0 Å². The molecule has 0 spiro atoms. The van der Waals surface area contributed by atoms with Crippen LogP contribution in [0.4, 0.5) is 9.59 Å². The number of alkyl carbamates (subject to hydrolysis) is 2. The second-order valence-electron chi connectivity index (χ2n) is 12.4. The molecule has 2 amide bonds. The van der Waals surface area contributed by atoms with E-state index in [4.69, 9.17) is 28.4 Å². The average molecular weight is 615 g/mol. The molecular formula is C32H42N2O10. The van der Waals surface area contributed by atoms with Crippen molar-refractivity contribution in [3.8, 4) is 0 Å². The highest BCUT2D eigenvalue weighted by atomic mass is 16.8. The molecule has 6 rings (SSSR count). The lowest BCUT2D eigenvalue weighted by Gasteiger charge is -2.22. The quantitative estimate of drug-likeness (QED) is 0.382. The van der Waals surface area contributed by atoms with Crippen molar-refractivity contribution in [2.24, 2.45) is 0 Å². The third-order valence-electron chi connectivity index (χ3n) is 7.90. The monoisotopic (exact) mass is 614 g/mol. The molecule has 0 radical (unpaired) electrons. The number of aliphatic hydroxyl groups excluding tert-OH is 2. The molecule has 12 heteroatoms. The number of amides is 2. The maximum Gasteiger partial charge on any atom is 0.407 e. The predicted molar refractivity (Wildman–Crippen MR) is 156 cm³/mol. The van der Waals surface area contributed by atoms with Gasteiger partial charge in [-0.05, 0) is 51.7 Å². The fourth-order valence-corrected chi connectivity index (χ4v) is 6.02. The summed E-state index contributed by atoms with van der Waals surface area (Å²) in [5, 5.41) is 25.6. The summed E-state index contributed by atoms with van der Waals surface area (Å²) < 4.78 is 33.3. The summed E-state index contributed by atoms with van der Waals surface area (Å²) in [6.07, 6.45) is -3.06. The molecule has 44 heavy (non-hydrogen) atoms. The molecule has 12 nitrogen and oxygen atoms in total. The van der Waals surface area contributed by atoms with Gasteiger partial charge in [-0.3, -0.25) is 0 Å². The Kier molecular flexibility index (Phi) is 9.78. The normalized spacial score (nSPS) is 32.5. The van der Waals surface area contributed by atoms with Crippen LogP contribution < -0.4 is 10.6 Å². The third kappa shape index (κ3) is 8.06. The van der Waals surface area contributed by atoms with E-state index in [2.05, 4.69) is 10.6 Å². The standard InChI is InChI=1S/2C16H21NO5/c2*1-16(2)21-13-11(8-12(18)14(13)22-16)17-15(19)20-9-10-6-4-3-5-7-10/h2*3-7,11-14,18H,8-9H2,1-2H3,(H,17,19)/t2*11-,12+,13+,14-/m11/s1. The number of carbonyl (C=O) groups excluding carboxylic acids is 2. The molecule has 0 unspecified atom stereocenters. The SMILES string of the molecule is CC1(C)O[C@@H]2[C@H](O1)[C@@H](O)C[C@H]2NC(=O)OCc1ccccc1.CC1(C)O[C@@H]2[C@H](O1)[C@@H](O)C[C@H]2NC(=O)OCc1ccccc1. The Labute approximate surface area is 256 Å². The number of aliphatic hydroxyl groups is 2. The molecule has 0 bridgehead atoms. The Morgan fingerprint density at radius 2 is 1.00 bits per heavy atom. The minimum Gasteiger partial charge on any atom is -0.445 e. The van der Waals surface area contributed by atoms with Crippen LogP contribution >= 0.6 is 0 Å². The topological polar surface area (TPSA) is 154 Å². The lowest BCUT2D eigenvalue weighted by molar-refractivity contribution is -0.164. The zero-order valence-electron chi connectivity index (χ0n) is 25.4. The van der Waals surface area contributed by atoms with Crippen LogP contribution in [0.1, 0.15) is 51.7 Å². The molecular weight excluding hydrogens is 572 g/mol. The molecule has 4 aliphatic rings. The van der Waals surface area contributed by atoms with Crippen LogP contribution in [0.2, 0.25) is 0 Å². The second-order valence-corrected chi connectivity index (χ2v) is 12.4. The summed E-state index contributed by atoms with van der Waals surface area (Å²) in [6, 6.07) is 18.3. The fraction of sp³-hybridized carbons (Fsp3) is 0.562. The van der Waals surface area contributed by atoms with Crippen molar-refractivity contribution in [3.05, 3.63) is 71.8 Å². The van der Waals surface area contributed by atoms with Gasteiger partial charge >= 0.3 is 12.2 Å². The summed E-state index contributed by atoms with van der Waals surface area (Å²) >= 11 is 0. The van der Waals surface area contributed by atoms with E-state index in [1.165, 1.54) is 0 Å². The van der Waals surface area contributed by atoms with Crippen LogP contribution in [-0.4, -0.2) is 82.7 Å².